The van der Waals surface area contributed by atoms with E-state index >= 15 is 0 Å². The molecule has 0 aliphatic carbocycles. The molecule has 2 nitrogen and oxygen atoms in total. The van der Waals surface area contributed by atoms with E-state index in [0.29, 0.717) is 0 Å². The normalized spacial score (nSPS) is 12.8. The Morgan fingerprint density at radius 1 is 1.23 bits per heavy atom. The lowest BCUT2D eigenvalue weighted by molar-refractivity contribution is -0.112. The molecule has 0 spiro atoms. The maximum Gasteiger partial charge on any atom is 0.238 e. The maximum atomic E-state index is 10.6. The number of hydrogen-bond donors (Lipinski definition) is 1. The van der Waals surface area contributed by atoms with Crippen molar-refractivity contribution >= 4 is 16.8 Å². The summed E-state index contributed by atoms with van der Waals surface area (Å²) in [7, 11) is 0. The molecule has 0 rings (SSSR count). The number of rotatable bonds is 8. The zero-order valence-corrected chi connectivity index (χ0v) is 9.15. The molecule has 0 saturated carbocycles. The number of halogens is 1. The van der Waals surface area contributed by atoms with Gasteiger partial charge in [-0.15, -0.1) is 0 Å². The van der Waals surface area contributed by atoms with Crippen LogP contribution in [-0.4, -0.2) is 11.3 Å². The fourth-order valence-electron chi connectivity index (χ4n) is 1.26. The topological polar surface area (TPSA) is 43.1 Å². The van der Waals surface area contributed by atoms with Crippen LogP contribution in [0.1, 0.15) is 51.9 Å². The quantitative estimate of drug-likeness (QED) is 0.489. The molecule has 0 aliphatic rings. The second kappa shape index (κ2) is 8.52. The largest absolute Gasteiger partial charge is 0.320 e. The second-order valence-corrected chi connectivity index (χ2v) is 3.84. The lowest BCUT2D eigenvalue weighted by Gasteiger charge is -2.05. The van der Waals surface area contributed by atoms with Crippen LogP contribution < -0.4 is 5.73 Å². The predicted octanol–water partition coefficient (Wildman–Crippen LogP) is 2.83. The van der Waals surface area contributed by atoms with Crippen LogP contribution in [0.25, 0.3) is 0 Å². The summed E-state index contributed by atoms with van der Waals surface area (Å²) in [6.07, 6.45) is 8.02. The summed E-state index contributed by atoms with van der Waals surface area (Å²) < 4.78 is 0. The van der Waals surface area contributed by atoms with Crippen LogP contribution >= 0.6 is 11.6 Å². The molecule has 0 aromatic carbocycles. The molecule has 0 aliphatic heterocycles. The Kier molecular flexibility index (Phi) is 8.46. The van der Waals surface area contributed by atoms with Gasteiger partial charge in [-0.1, -0.05) is 45.4 Å². The van der Waals surface area contributed by atoms with Crippen LogP contribution in [0.2, 0.25) is 0 Å². The Bertz CT molecular complexity index is 139. The smallest absolute Gasteiger partial charge is 0.238 e. The minimum atomic E-state index is -0.451. The van der Waals surface area contributed by atoms with Crippen molar-refractivity contribution in [2.45, 2.75) is 57.9 Å². The molecule has 78 valence electrons. The molecule has 0 fully saturated rings. The van der Waals surface area contributed by atoms with Crippen LogP contribution in [-0.2, 0) is 4.79 Å². The molecule has 0 radical (unpaired) electrons. The van der Waals surface area contributed by atoms with Gasteiger partial charge in [0, 0.05) is 0 Å². The third-order valence-corrected chi connectivity index (χ3v) is 2.44. The lowest BCUT2D eigenvalue weighted by atomic mass is 10.1. The van der Waals surface area contributed by atoms with Gasteiger partial charge in [0.25, 0.3) is 0 Å². The van der Waals surface area contributed by atoms with Crippen molar-refractivity contribution in [3.8, 4) is 0 Å². The maximum absolute atomic E-state index is 10.6. The third kappa shape index (κ3) is 8.26. The summed E-state index contributed by atoms with van der Waals surface area (Å²) >= 11 is 5.23. The van der Waals surface area contributed by atoms with E-state index in [1.807, 2.05) is 0 Å². The summed E-state index contributed by atoms with van der Waals surface area (Å²) in [4.78, 5) is 10.6. The summed E-state index contributed by atoms with van der Waals surface area (Å²) in [6, 6.07) is -0.451. The fraction of sp³-hybridized carbons (Fsp3) is 0.900. The first-order valence-corrected chi connectivity index (χ1v) is 5.51. The van der Waals surface area contributed by atoms with Crippen molar-refractivity contribution in [3.63, 3.8) is 0 Å². The minimum Gasteiger partial charge on any atom is -0.320 e. The number of unbranched alkanes of at least 4 members (excludes halogenated alkanes) is 5. The van der Waals surface area contributed by atoms with Gasteiger partial charge in [0.1, 0.15) is 0 Å². The third-order valence-electron chi connectivity index (χ3n) is 2.16. The highest BCUT2D eigenvalue weighted by Gasteiger charge is 2.08. The van der Waals surface area contributed by atoms with E-state index < -0.39 is 11.3 Å². The van der Waals surface area contributed by atoms with Crippen LogP contribution in [0.4, 0.5) is 0 Å². The molecule has 2 N–H and O–H groups in total. The molecule has 3 heteroatoms. The monoisotopic (exact) mass is 205 g/mol. The van der Waals surface area contributed by atoms with Crippen molar-refractivity contribution in [3.05, 3.63) is 0 Å². The van der Waals surface area contributed by atoms with Gasteiger partial charge in [-0.3, -0.25) is 4.79 Å². The zero-order valence-electron chi connectivity index (χ0n) is 8.39. The second-order valence-electron chi connectivity index (χ2n) is 3.47. The summed E-state index contributed by atoms with van der Waals surface area (Å²) in [5.74, 6) is 0. The van der Waals surface area contributed by atoms with Crippen molar-refractivity contribution < 1.29 is 4.79 Å². The van der Waals surface area contributed by atoms with Gasteiger partial charge in [0.2, 0.25) is 5.24 Å². The molecule has 0 aromatic heterocycles. The van der Waals surface area contributed by atoms with Crippen molar-refractivity contribution in [1.29, 1.82) is 0 Å². The van der Waals surface area contributed by atoms with Gasteiger partial charge in [-0.05, 0) is 18.0 Å². The predicted molar refractivity (Wildman–Crippen MR) is 56.8 cm³/mol. The SMILES string of the molecule is CCCCCCCCC(N)C(=O)Cl. The van der Waals surface area contributed by atoms with Crippen molar-refractivity contribution in [2.24, 2.45) is 5.73 Å². The Balaban J connectivity index is 3.11. The highest BCUT2D eigenvalue weighted by Crippen LogP contribution is 2.08. The van der Waals surface area contributed by atoms with Crippen molar-refractivity contribution in [1.82, 2.24) is 0 Å². The molecule has 0 amide bonds. The molecule has 1 unspecified atom stereocenters. The van der Waals surface area contributed by atoms with E-state index in [-0.39, 0.29) is 0 Å². The molecular formula is C10H20ClNO. The molecule has 0 aromatic rings. The highest BCUT2D eigenvalue weighted by molar-refractivity contribution is 6.64. The summed E-state index contributed by atoms with van der Waals surface area (Å²) in [6.45, 7) is 2.20. The van der Waals surface area contributed by atoms with Crippen LogP contribution in [0.15, 0.2) is 0 Å². The molecule has 0 bridgehead atoms. The number of nitrogens with two attached hydrogens (primary N) is 1. The van der Waals surface area contributed by atoms with Crippen LogP contribution in [0.5, 0.6) is 0 Å². The van der Waals surface area contributed by atoms with E-state index in [9.17, 15) is 4.79 Å². The van der Waals surface area contributed by atoms with Gasteiger partial charge in [0.05, 0.1) is 6.04 Å². The number of hydrogen-bond acceptors (Lipinski definition) is 2. The minimum absolute atomic E-state index is 0.409. The first-order chi connectivity index (χ1) is 6.18. The number of carbonyl (C=O) groups is 1. The molecular weight excluding hydrogens is 186 g/mol. The van der Waals surface area contributed by atoms with Gasteiger partial charge in [0.15, 0.2) is 0 Å². The van der Waals surface area contributed by atoms with Gasteiger partial charge < -0.3 is 5.73 Å². The Hall–Kier alpha value is -0.0800. The van der Waals surface area contributed by atoms with E-state index in [1.54, 1.807) is 0 Å². The summed E-state index contributed by atoms with van der Waals surface area (Å²) in [5, 5.41) is -0.409. The Labute approximate surface area is 85.8 Å². The standard InChI is InChI=1S/C10H20ClNO/c1-2-3-4-5-6-7-8-9(12)10(11)13/h9H,2-8,12H2,1H3. The average Bonchev–Trinajstić information content (AvgIpc) is 2.10. The molecule has 0 saturated heterocycles. The van der Waals surface area contributed by atoms with E-state index in [1.165, 1.54) is 25.7 Å². The fourth-order valence-corrected chi connectivity index (χ4v) is 1.37. The molecule has 1 atom stereocenters. The first-order valence-electron chi connectivity index (χ1n) is 5.13. The van der Waals surface area contributed by atoms with Crippen molar-refractivity contribution in [2.75, 3.05) is 0 Å². The Morgan fingerprint density at radius 2 is 1.77 bits per heavy atom. The average molecular weight is 206 g/mol. The van der Waals surface area contributed by atoms with Gasteiger partial charge >= 0.3 is 0 Å². The Morgan fingerprint density at radius 3 is 2.31 bits per heavy atom. The van der Waals surface area contributed by atoms with E-state index in [4.69, 9.17) is 17.3 Å². The molecule has 0 heterocycles. The van der Waals surface area contributed by atoms with Gasteiger partial charge in [-0.25, -0.2) is 0 Å². The van der Waals surface area contributed by atoms with E-state index in [2.05, 4.69) is 6.92 Å². The highest BCUT2D eigenvalue weighted by atomic mass is 35.5. The lowest BCUT2D eigenvalue weighted by Crippen LogP contribution is -2.26. The van der Waals surface area contributed by atoms with E-state index in [0.717, 1.165) is 19.3 Å². The first kappa shape index (κ1) is 12.9. The van der Waals surface area contributed by atoms with Gasteiger partial charge in [-0.2, -0.15) is 0 Å². The zero-order chi connectivity index (χ0) is 10.1. The number of carbonyl (C=O) groups excluding carboxylic acids is 1. The van der Waals surface area contributed by atoms with Crippen LogP contribution in [0.3, 0.4) is 0 Å². The summed E-state index contributed by atoms with van der Waals surface area (Å²) in [5.41, 5.74) is 5.48. The molecule has 13 heavy (non-hydrogen) atoms. The van der Waals surface area contributed by atoms with Crippen LogP contribution in [0, 0.1) is 0 Å².